The Labute approximate surface area is 127 Å². The first-order valence-electron chi connectivity index (χ1n) is 7.83. The topological polar surface area (TPSA) is 32.7 Å². The van der Waals surface area contributed by atoms with Crippen molar-refractivity contribution < 1.29 is 9.84 Å². The quantitative estimate of drug-likeness (QED) is 0.845. The lowest BCUT2D eigenvalue weighted by molar-refractivity contribution is 0.160. The molecule has 0 aliphatic carbocycles. The number of likely N-dealkylation sites (tertiary alicyclic amines) is 1. The molecule has 3 heteroatoms. The first-order chi connectivity index (χ1) is 10.3. The van der Waals surface area contributed by atoms with Crippen LogP contribution in [0.3, 0.4) is 0 Å². The van der Waals surface area contributed by atoms with Crippen LogP contribution in [0.15, 0.2) is 24.3 Å². The Kier molecular flexibility index (Phi) is 6.59. The highest BCUT2D eigenvalue weighted by molar-refractivity contribution is 5.38. The van der Waals surface area contributed by atoms with E-state index >= 15 is 0 Å². The van der Waals surface area contributed by atoms with E-state index in [1.54, 1.807) is 0 Å². The lowest BCUT2D eigenvalue weighted by Crippen LogP contribution is -2.35. The number of piperidine rings is 1. The van der Waals surface area contributed by atoms with E-state index in [-0.39, 0.29) is 6.61 Å². The van der Waals surface area contributed by atoms with Crippen molar-refractivity contribution in [3.8, 4) is 17.6 Å². The number of aliphatic hydroxyl groups is 1. The molecule has 3 nitrogen and oxygen atoms in total. The highest BCUT2D eigenvalue weighted by Gasteiger charge is 2.14. The summed E-state index contributed by atoms with van der Waals surface area (Å²) in [5.74, 6) is 7.70. The van der Waals surface area contributed by atoms with Crippen LogP contribution in [0.1, 0.15) is 31.7 Å². The maximum absolute atomic E-state index is 8.68. The van der Waals surface area contributed by atoms with Crippen molar-refractivity contribution in [2.45, 2.75) is 26.2 Å². The molecular formula is C18H25NO2. The maximum Gasteiger partial charge on any atom is 0.119 e. The molecule has 1 N–H and O–H groups in total. The third kappa shape index (κ3) is 5.79. The molecule has 0 bridgehead atoms. The average molecular weight is 287 g/mol. The number of nitrogens with zero attached hydrogens (tertiary/aromatic N) is 1. The second-order valence-corrected chi connectivity index (χ2v) is 5.67. The van der Waals surface area contributed by atoms with E-state index in [0.717, 1.165) is 30.4 Å². The molecule has 0 saturated carbocycles. The van der Waals surface area contributed by atoms with Gasteiger partial charge in [0.25, 0.3) is 0 Å². The van der Waals surface area contributed by atoms with E-state index in [0.29, 0.717) is 6.42 Å². The first kappa shape index (κ1) is 15.9. The molecule has 0 radical (unpaired) electrons. The molecule has 1 fully saturated rings. The zero-order chi connectivity index (χ0) is 14.9. The van der Waals surface area contributed by atoms with Gasteiger partial charge in [-0.1, -0.05) is 18.8 Å². The van der Waals surface area contributed by atoms with Gasteiger partial charge in [-0.15, -0.1) is 0 Å². The number of ether oxygens (including phenoxy) is 1. The molecule has 1 aromatic rings. The van der Waals surface area contributed by atoms with Crippen molar-refractivity contribution in [3.05, 3.63) is 29.8 Å². The minimum atomic E-state index is 0.115. The van der Waals surface area contributed by atoms with Crippen molar-refractivity contribution in [2.75, 3.05) is 32.8 Å². The van der Waals surface area contributed by atoms with Crippen LogP contribution in [0.5, 0.6) is 5.75 Å². The number of benzene rings is 1. The molecule has 21 heavy (non-hydrogen) atoms. The van der Waals surface area contributed by atoms with Crippen LogP contribution >= 0.6 is 0 Å². The summed E-state index contributed by atoms with van der Waals surface area (Å²) in [6, 6.07) is 7.84. The molecule has 0 amide bonds. The van der Waals surface area contributed by atoms with Gasteiger partial charge in [0.1, 0.15) is 12.4 Å². The lowest BCUT2D eigenvalue weighted by Gasteiger charge is -2.29. The van der Waals surface area contributed by atoms with Crippen molar-refractivity contribution in [1.82, 2.24) is 4.90 Å². The second-order valence-electron chi connectivity index (χ2n) is 5.67. The summed E-state index contributed by atoms with van der Waals surface area (Å²) in [7, 11) is 0. The minimum absolute atomic E-state index is 0.115. The van der Waals surface area contributed by atoms with Gasteiger partial charge in [0.2, 0.25) is 0 Å². The number of rotatable bonds is 5. The molecule has 1 aliphatic heterocycles. The fourth-order valence-electron chi connectivity index (χ4n) is 2.43. The van der Waals surface area contributed by atoms with E-state index in [4.69, 9.17) is 9.84 Å². The van der Waals surface area contributed by atoms with Crippen LogP contribution in [0.4, 0.5) is 0 Å². The Bertz CT molecular complexity index is 464. The molecule has 0 atom stereocenters. The summed E-state index contributed by atoms with van der Waals surface area (Å²) >= 11 is 0. The molecule has 0 aromatic heterocycles. The van der Waals surface area contributed by atoms with Gasteiger partial charge in [-0.3, -0.25) is 4.90 Å². The Morgan fingerprint density at radius 3 is 2.62 bits per heavy atom. The highest BCUT2D eigenvalue weighted by Crippen LogP contribution is 2.16. The van der Waals surface area contributed by atoms with Gasteiger partial charge in [0.15, 0.2) is 0 Å². The Hall–Kier alpha value is -1.50. The van der Waals surface area contributed by atoms with Crippen molar-refractivity contribution in [1.29, 1.82) is 0 Å². The van der Waals surface area contributed by atoms with E-state index in [2.05, 4.69) is 23.7 Å². The summed E-state index contributed by atoms with van der Waals surface area (Å²) in [6.45, 7) is 6.59. The summed E-state index contributed by atoms with van der Waals surface area (Å²) in [4.78, 5) is 2.48. The van der Waals surface area contributed by atoms with Crippen molar-refractivity contribution in [2.24, 2.45) is 5.92 Å². The predicted molar refractivity (Wildman–Crippen MR) is 85.4 cm³/mol. The van der Waals surface area contributed by atoms with Crippen LogP contribution in [0.25, 0.3) is 0 Å². The number of aliphatic hydroxyl groups excluding tert-OH is 1. The third-order valence-electron chi connectivity index (χ3n) is 3.88. The fraction of sp³-hybridized carbons (Fsp3) is 0.556. The van der Waals surface area contributed by atoms with E-state index < -0.39 is 0 Å². The molecule has 1 aromatic carbocycles. The Balaban J connectivity index is 1.70. The maximum atomic E-state index is 8.68. The van der Waals surface area contributed by atoms with Gasteiger partial charge >= 0.3 is 0 Å². The van der Waals surface area contributed by atoms with Crippen LogP contribution in [0, 0.1) is 17.8 Å². The average Bonchev–Trinajstić information content (AvgIpc) is 2.51. The predicted octanol–water partition coefficient (Wildman–Crippen LogP) is 2.53. The molecule has 2 rings (SSSR count). The van der Waals surface area contributed by atoms with Gasteiger partial charge < -0.3 is 9.84 Å². The molecule has 0 unspecified atom stereocenters. The molecule has 114 valence electrons. The summed E-state index contributed by atoms with van der Waals surface area (Å²) in [5, 5.41) is 8.68. The van der Waals surface area contributed by atoms with Gasteiger partial charge in [-0.05, 0) is 56.1 Å². The normalized spacial score (nSPS) is 16.3. The summed E-state index contributed by atoms with van der Waals surface area (Å²) in [5.41, 5.74) is 0.959. The van der Waals surface area contributed by atoms with Crippen molar-refractivity contribution in [3.63, 3.8) is 0 Å². The molecule has 1 saturated heterocycles. The van der Waals surface area contributed by atoms with Gasteiger partial charge in [0.05, 0.1) is 6.61 Å². The SMILES string of the molecule is CC1CCN(CCOc2ccc(C#CCCO)cc2)CC1. The zero-order valence-electron chi connectivity index (χ0n) is 12.8. The van der Waals surface area contributed by atoms with Crippen molar-refractivity contribution >= 4 is 0 Å². The molecule has 1 heterocycles. The van der Waals surface area contributed by atoms with Crippen LogP contribution in [-0.4, -0.2) is 42.9 Å². The number of hydrogen-bond donors (Lipinski definition) is 1. The summed E-state index contributed by atoms with van der Waals surface area (Å²) in [6.07, 6.45) is 3.13. The smallest absolute Gasteiger partial charge is 0.119 e. The number of hydrogen-bond acceptors (Lipinski definition) is 3. The summed E-state index contributed by atoms with van der Waals surface area (Å²) < 4.78 is 5.79. The fourth-order valence-corrected chi connectivity index (χ4v) is 2.43. The zero-order valence-corrected chi connectivity index (χ0v) is 12.8. The Morgan fingerprint density at radius 2 is 1.95 bits per heavy atom. The minimum Gasteiger partial charge on any atom is -0.492 e. The van der Waals surface area contributed by atoms with Crippen LogP contribution in [-0.2, 0) is 0 Å². The monoisotopic (exact) mass is 287 g/mol. The first-order valence-corrected chi connectivity index (χ1v) is 7.83. The second kappa shape index (κ2) is 8.71. The van der Waals surface area contributed by atoms with Gasteiger partial charge in [-0.2, -0.15) is 0 Å². The lowest BCUT2D eigenvalue weighted by atomic mass is 9.99. The Morgan fingerprint density at radius 1 is 1.24 bits per heavy atom. The molecule has 0 spiro atoms. The van der Waals surface area contributed by atoms with E-state index in [1.165, 1.54) is 25.9 Å². The van der Waals surface area contributed by atoms with E-state index in [1.807, 2.05) is 24.3 Å². The third-order valence-corrected chi connectivity index (χ3v) is 3.88. The molecular weight excluding hydrogens is 262 g/mol. The standard InChI is InChI=1S/C18H25NO2/c1-16-9-11-19(12-10-16)13-15-21-18-7-5-17(6-8-18)4-2-3-14-20/h5-8,16,20H,3,9-15H2,1H3. The highest BCUT2D eigenvalue weighted by atomic mass is 16.5. The van der Waals surface area contributed by atoms with E-state index in [9.17, 15) is 0 Å². The van der Waals surface area contributed by atoms with Crippen LogP contribution in [0.2, 0.25) is 0 Å². The largest absolute Gasteiger partial charge is 0.492 e. The van der Waals surface area contributed by atoms with Gasteiger partial charge in [-0.25, -0.2) is 0 Å². The van der Waals surface area contributed by atoms with Gasteiger partial charge in [0, 0.05) is 18.5 Å². The molecule has 1 aliphatic rings. The van der Waals surface area contributed by atoms with Crippen LogP contribution < -0.4 is 4.74 Å².